The molecule has 0 heterocycles. The predicted octanol–water partition coefficient (Wildman–Crippen LogP) is 3.88. The number of hydrogen-bond donors (Lipinski definition) is 2. The Hall–Kier alpha value is -2.44. The highest BCUT2D eigenvalue weighted by Crippen LogP contribution is 2.20. The molecule has 3 amide bonds. The van der Waals surface area contributed by atoms with Gasteiger partial charge in [-0.2, -0.15) is 0 Å². The van der Waals surface area contributed by atoms with Gasteiger partial charge in [0.25, 0.3) is 0 Å². The molecule has 2 aromatic carbocycles. The first kappa shape index (κ1) is 19.9. The average molecular weight is 378 g/mol. The molecule has 0 aliphatic rings. The van der Waals surface area contributed by atoms with Crippen LogP contribution in [0.1, 0.15) is 16.7 Å². The van der Waals surface area contributed by atoms with E-state index < -0.39 is 17.8 Å². The van der Waals surface area contributed by atoms with Crippen molar-refractivity contribution < 1.29 is 14.0 Å². The third kappa shape index (κ3) is 5.54. The van der Waals surface area contributed by atoms with Gasteiger partial charge in [0, 0.05) is 22.8 Å². The SMILES string of the molecule is Cc1ccc(NC(=O)NC(=O)CN(C)Cc2c(F)cccc2Cl)c(C)c1. The lowest BCUT2D eigenvalue weighted by Gasteiger charge is -2.17. The average Bonchev–Trinajstić information content (AvgIpc) is 2.53. The second-order valence-electron chi connectivity index (χ2n) is 6.19. The Morgan fingerprint density at radius 3 is 2.58 bits per heavy atom. The van der Waals surface area contributed by atoms with Crippen LogP contribution in [0.15, 0.2) is 36.4 Å². The number of likely N-dealkylation sites (N-methyl/N-ethyl adjacent to an activating group) is 1. The molecule has 5 nitrogen and oxygen atoms in total. The zero-order valence-corrected chi connectivity index (χ0v) is 15.7. The minimum atomic E-state index is -0.612. The monoisotopic (exact) mass is 377 g/mol. The Bertz CT molecular complexity index is 806. The molecule has 2 aromatic rings. The number of imide groups is 1. The number of amides is 3. The molecule has 0 aliphatic heterocycles. The first-order valence-electron chi connectivity index (χ1n) is 8.06. The van der Waals surface area contributed by atoms with Crippen LogP contribution in [0.2, 0.25) is 5.02 Å². The summed E-state index contributed by atoms with van der Waals surface area (Å²) in [7, 11) is 1.64. The highest BCUT2D eigenvalue weighted by molar-refractivity contribution is 6.31. The van der Waals surface area contributed by atoms with Gasteiger partial charge in [-0.25, -0.2) is 9.18 Å². The van der Waals surface area contributed by atoms with Crippen molar-refractivity contribution in [1.82, 2.24) is 10.2 Å². The van der Waals surface area contributed by atoms with Gasteiger partial charge in [-0.05, 0) is 44.7 Å². The van der Waals surface area contributed by atoms with Crippen molar-refractivity contribution in [1.29, 1.82) is 0 Å². The number of nitrogens with zero attached hydrogens (tertiary/aromatic N) is 1. The summed E-state index contributed by atoms with van der Waals surface area (Å²) in [5.41, 5.74) is 2.92. The number of anilines is 1. The minimum Gasteiger partial charge on any atom is -0.307 e. The molecule has 0 atom stereocenters. The lowest BCUT2D eigenvalue weighted by atomic mass is 10.1. The van der Waals surface area contributed by atoms with Crippen LogP contribution in [0.5, 0.6) is 0 Å². The number of urea groups is 1. The van der Waals surface area contributed by atoms with Crippen molar-refractivity contribution in [3.8, 4) is 0 Å². The number of nitrogens with one attached hydrogen (secondary N) is 2. The molecule has 0 aliphatic carbocycles. The lowest BCUT2D eigenvalue weighted by molar-refractivity contribution is -0.120. The van der Waals surface area contributed by atoms with Crippen LogP contribution in [-0.4, -0.2) is 30.4 Å². The van der Waals surface area contributed by atoms with Gasteiger partial charge in [0.05, 0.1) is 6.54 Å². The van der Waals surface area contributed by atoms with Crippen LogP contribution in [0.3, 0.4) is 0 Å². The van der Waals surface area contributed by atoms with Gasteiger partial charge < -0.3 is 5.32 Å². The van der Waals surface area contributed by atoms with Crippen LogP contribution in [-0.2, 0) is 11.3 Å². The van der Waals surface area contributed by atoms with Gasteiger partial charge >= 0.3 is 6.03 Å². The molecule has 0 radical (unpaired) electrons. The summed E-state index contributed by atoms with van der Waals surface area (Å²) in [4.78, 5) is 25.6. The first-order chi connectivity index (χ1) is 12.3. The van der Waals surface area contributed by atoms with Crippen molar-refractivity contribution in [3.63, 3.8) is 0 Å². The van der Waals surface area contributed by atoms with Crippen LogP contribution >= 0.6 is 11.6 Å². The van der Waals surface area contributed by atoms with Gasteiger partial charge in [0.15, 0.2) is 0 Å². The van der Waals surface area contributed by atoms with Crippen LogP contribution in [0.25, 0.3) is 0 Å². The standard InChI is InChI=1S/C19H21ClFN3O2/c1-12-7-8-17(13(2)9-12)22-19(26)23-18(25)11-24(3)10-14-15(20)5-4-6-16(14)21/h4-9H,10-11H2,1-3H3,(H2,22,23,25,26). The predicted molar refractivity (Wildman–Crippen MR) is 101 cm³/mol. The highest BCUT2D eigenvalue weighted by Gasteiger charge is 2.14. The van der Waals surface area contributed by atoms with Crippen molar-refractivity contribution in [2.45, 2.75) is 20.4 Å². The van der Waals surface area contributed by atoms with E-state index in [9.17, 15) is 14.0 Å². The fourth-order valence-corrected chi connectivity index (χ4v) is 2.75. The van der Waals surface area contributed by atoms with E-state index in [1.165, 1.54) is 12.1 Å². The molecule has 0 saturated carbocycles. The van der Waals surface area contributed by atoms with E-state index in [2.05, 4.69) is 10.6 Å². The van der Waals surface area contributed by atoms with Gasteiger partial charge in [-0.3, -0.25) is 15.0 Å². The molecule has 2 rings (SSSR count). The van der Waals surface area contributed by atoms with Gasteiger partial charge in [-0.15, -0.1) is 0 Å². The first-order valence-corrected chi connectivity index (χ1v) is 8.43. The summed E-state index contributed by atoms with van der Waals surface area (Å²) in [5.74, 6) is -0.931. The second kappa shape index (κ2) is 8.78. The van der Waals surface area contributed by atoms with Crippen molar-refractivity contribution in [2.24, 2.45) is 0 Å². The maximum atomic E-state index is 13.8. The van der Waals surface area contributed by atoms with Gasteiger partial charge in [0.1, 0.15) is 5.82 Å². The molecule has 2 N–H and O–H groups in total. The normalized spacial score (nSPS) is 10.7. The zero-order valence-electron chi connectivity index (χ0n) is 14.9. The highest BCUT2D eigenvalue weighted by atomic mass is 35.5. The fourth-order valence-electron chi connectivity index (χ4n) is 2.53. The second-order valence-corrected chi connectivity index (χ2v) is 6.60. The Kier molecular flexibility index (Phi) is 6.71. The minimum absolute atomic E-state index is 0.0784. The molecule has 0 unspecified atom stereocenters. The largest absolute Gasteiger partial charge is 0.325 e. The number of benzene rings is 2. The molecule has 26 heavy (non-hydrogen) atoms. The summed E-state index contributed by atoms with van der Waals surface area (Å²) in [5, 5.41) is 5.19. The van der Waals surface area contributed by atoms with E-state index in [0.29, 0.717) is 16.3 Å². The molecule has 0 aromatic heterocycles. The van der Waals surface area contributed by atoms with Crippen molar-refractivity contribution in [3.05, 3.63) is 63.9 Å². The fraction of sp³-hybridized carbons (Fsp3) is 0.263. The summed E-state index contributed by atoms with van der Waals surface area (Å²) in [6.07, 6.45) is 0. The van der Waals surface area contributed by atoms with Crippen molar-refractivity contribution >= 4 is 29.2 Å². The van der Waals surface area contributed by atoms with E-state index in [4.69, 9.17) is 11.6 Å². The number of hydrogen-bond acceptors (Lipinski definition) is 3. The Morgan fingerprint density at radius 1 is 1.19 bits per heavy atom. The number of aryl methyl sites for hydroxylation is 2. The molecule has 0 saturated heterocycles. The topological polar surface area (TPSA) is 61.4 Å². The van der Waals surface area contributed by atoms with E-state index in [0.717, 1.165) is 11.1 Å². The van der Waals surface area contributed by atoms with E-state index >= 15 is 0 Å². The van der Waals surface area contributed by atoms with Crippen LogP contribution in [0, 0.1) is 19.7 Å². The number of carbonyl (C=O) groups is 2. The molecule has 0 fully saturated rings. The van der Waals surface area contributed by atoms with Gasteiger partial charge in [-0.1, -0.05) is 35.4 Å². The van der Waals surface area contributed by atoms with E-state index in [1.54, 1.807) is 24.1 Å². The molecule has 138 valence electrons. The number of halogens is 2. The Balaban J connectivity index is 1.88. The smallest absolute Gasteiger partial charge is 0.307 e. The van der Waals surface area contributed by atoms with Crippen LogP contribution < -0.4 is 10.6 Å². The van der Waals surface area contributed by atoms with E-state index in [-0.39, 0.29) is 13.1 Å². The Morgan fingerprint density at radius 2 is 1.92 bits per heavy atom. The molecular formula is C19H21ClFN3O2. The van der Waals surface area contributed by atoms with Crippen LogP contribution in [0.4, 0.5) is 14.9 Å². The lowest BCUT2D eigenvalue weighted by Crippen LogP contribution is -2.40. The van der Waals surface area contributed by atoms with E-state index in [1.807, 2.05) is 26.0 Å². The molecule has 0 spiro atoms. The maximum absolute atomic E-state index is 13.8. The van der Waals surface area contributed by atoms with Crippen molar-refractivity contribution in [2.75, 3.05) is 18.9 Å². The molecular weight excluding hydrogens is 357 g/mol. The number of carbonyl (C=O) groups excluding carboxylic acids is 2. The quantitative estimate of drug-likeness (QED) is 0.831. The number of rotatable bonds is 5. The third-order valence-electron chi connectivity index (χ3n) is 3.79. The maximum Gasteiger partial charge on any atom is 0.325 e. The summed E-state index contributed by atoms with van der Waals surface area (Å²) >= 11 is 5.98. The molecule has 7 heteroatoms. The van der Waals surface area contributed by atoms with Gasteiger partial charge in [0.2, 0.25) is 5.91 Å². The third-order valence-corrected chi connectivity index (χ3v) is 4.14. The summed E-state index contributed by atoms with van der Waals surface area (Å²) < 4.78 is 13.8. The molecule has 0 bridgehead atoms. The zero-order chi connectivity index (χ0) is 19.3. The summed E-state index contributed by atoms with van der Waals surface area (Å²) in [6.45, 7) is 3.90. The summed E-state index contributed by atoms with van der Waals surface area (Å²) in [6, 6.07) is 9.39. The Labute approximate surface area is 157 Å².